The van der Waals surface area contributed by atoms with Gasteiger partial charge in [0.1, 0.15) is 0 Å². The first-order chi connectivity index (χ1) is 8.24. The van der Waals surface area contributed by atoms with Gasteiger partial charge in [0.25, 0.3) is 0 Å². The summed E-state index contributed by atoms with van der Waals surface area (Å²) in [5, 5.41) is 3.62. The molecule has 0 N–H and O–H groups in total. The molecule has 0 spiro atoms. The Morgan fingerprint density at radius 1 is 1.41 bits per heavy atom. The Bertz CT molecular complexity index is 497. The summed E-state index contributed by atoms with van der Waals surface area (Å²) in [6.07, 6.45) is 0. The van der Waals surface area contributed by atoms with Gasteiger partial charge in [-0.2, -0.15) is 0 Å². The number of alkyl halides is 1. The normalized spacial score (nSPS) is 11.5. The Morgan fingerprint density at radius 2 is 2.24 bits per heavy atom. The highest BCUT2D eigenvalue weighted by Gasteiger charge is 2.08. The highest BCUT2D eigenvalue weighted by Crippen LogP contribution is 2.29. The van der Waals surface area contributed by atoms with Crippen LogP contribution >= 0.6 is 38.9 Å². The summed E-state index contributed by atoms with van der Waals surface area (Å²) >= 11 is 11.2. The first kappa shape index (κ1) is 13.3. The molecule has 2 aromatic rings. The molecule has 0 aliphatic rings. The average Bonchev–Trinajstić information content (AvgIpc) is 2.71. The van der Waals surface area contributed by atoms with Gasteiger partial charge in [0.05, 0.1) is 0 Å². The Hall–Kier alpha value is -0.0900. The van der Waals surface area contributed by atoms with Crippen molar-refractivity contribution < 1.29 is 0 Å². The maximum absolute atomic E-state index is 5.81. The zero-order valence-corrected chi connectivity index (χ0v) is 12.9. The third-order valence-corrected chi connectivity index (χ3v) is 4.53. The number of nitrogens with zero attached hydrogens (tertiary/aromatic N) is 1. The second-order valence-corrected chi connectivity index (χ2v) is 6.16. The molecule has 0 aliphatic heterocycles. The van der Waals surface area contributed by atoms with E-state index < -0.39 is 0 Å². The summed E-state index contributed by atoms with van der Waals surface area (Å²) in [6.45, 7) is 5.15. The predicted molar refractivity (Wildman–Crippen MR) is 81.2 cm³/mol. The van der Waals surface area contributed by atoms with E-state index >= 15 is 0 Å². The molecule has 1 aromatic carbocycles. The Labute approximate surface area is 120 Å². The number of hydrogen-bond donors (Lipinski definition) is 0. The van der Waals surface area contributed by atoms with Crippen molar-refractivity contribution in [3.8, 4) is 0 Å². The van der Waals surface area contributed by atoms with Crippen LogP contribution in [0.2, 0.25) is 0 Å². The van der Waals surface area contributed by atoms with E-state index in [-0.39, 0.29) is 0 Å². The van der Waals surface area contributed by atoms with E-state index in [1.54, 1.807) is 0 Å². The lowest BCUT2D eigenvalue weighted by atomic mass is 10.1. The maximum atomic E-state index is 5.81. The van der Waals surface area contributed by atoms with Crippen LogP contribution in [0.4, 0.5) is 0 Å². The number of rotatable bonds is 5. The van der Waals surface area contributed by atoms with Crippen LogP contribution in [0.15, 0.2) is 28.1 Å². The molecule has 0 atom stereocenters. The molecule has 0 unspecified atom stereocenters. The van der Waals surface area contributed by atoms with Gasteiger partial charge in [-0.05, 0) is 41.1 Å². The molecule has 2 rings (SSSR count). The lowest BCUT2D eigenvalue weighted by Gasteiger charge is -2.18. The molecular formula is C13H15BrClNS. The summed E-state index contributed by atoms with van der Waals surface area (Å²) in [7, 11) is 0. The van der Waals surface area contributed by atoms with Gasteiger partial charge >= 0.3 is 0 Å². The first-order valence-corrected chi connectivity index (χ1v) is 7.89. The van der Waals surface area contributed by atoms with Gasteiger partial charge in [-0.15, -0.1) is 22.9 Å². The summed E-state index contributed by atoms with van der Waals surface area (Å²) < 4.78 is 2.50. The summed E-state index contributed by atoms with van der Waals surface area (Å²) in [5.41, 5.74) is 1.40. The summed E-state index contributed by atoms with van der Waals surface area (Å²) in [5.74, 6) is 0.694. The minimum absolute atomic E-state index is 0.694. The van der Waals surface area contributed by atoms with Crippen LogP contribution < -0.4 is 0 Å². The Balaban J connectivity index is 2.26. The van der Waals surface area contributed by atoms with Crippen molar-refractivity contribution in [2.24, 2.45) is 0 Å². The van der Waals surface area contributed by atoms with Crippen LogP contribution in [0.3, 0.4) is 0 Å². The van der Waals surface area contributed by atoms with Crippen molar-refractivity contribution in [1.29, 1.82) is 0 Å². The highest BCUT2D eigenvalue weighted by atomic mass is 79.9. The maximum Gasteiger partial charge on any atom is 0.0351 e. The number of halogens is 2. The fourth-order valence-corrected chi connectivity index (χ4v) is 3.42. The van der Waals surface area contributed by atoms with Gasteiger partial charge in [-0.1, -0.05) is 22.9 Å². The van der Waals surface area contributed by atoms with Crippen LogP contribution in [0.5, 0.6) is 0 Å². The molecular weight excluding hydrogens is 318 g/mol. The fourth-order valence-electron chi connectivity index (χ4n) is 1.89. The largest absolute Gasteiger partial charge is 0.298 e. The van der Waals surface area contributed by atoms with Crippen molar-refractivity contribution in [1.82, 2.24) is 4.90 Å². The molecule has 0 aliphatic carbocycles. The van der Waals surface area contributed by atoms with Gasteiger partial charge < -0.3 is 0 Å². The van der Waals surface area contributed by atoms with E-state index in [4.69, 9.17) is 11.6 Å². The van der Waals surface area contributed by atoms with Gasteiger partial charge in [0, 0.05) is 28.1 Å². The Morgan fingerprint density at radius 3 is 2.94 bits per heavy atom. The van der Waals surface area contributed by atoms with Crippen LogP contribution in [0.25, 0.3) is 10.1 Å². The predicted octanol–water partition coefficient (Wildman–Crippen LogP) is 4.72. The number of benzene rings is 1. The topological polar surface area (TPSA) is 3.24 Å². The van der Waals surface area contributed by atoms with Crippen LogP contribution in [0.1, 0.15) is 12.5 Å². The first-order valence-electron chi connectivity index (χ1n) is 5.68. The number of thiophene rings is 1. The monoisotopic (exact) mass is 331 g/mol. The van der Waals surface area contributed by atoms with E-state index in [2.05, 4.69) is 51.3 Å². The smallest absolute Gasteiger partial charge is 0.0351 e. The SMILES string of the molecule is CCN(CCCl)Cc1csc2ccc(Br)cc12. The molecule has 1 nitrogen and oxygen atoms in total. The number of fused-ring (bicyclic) bond motifs is 1. The lowest BCUT2D eigenvalue weighted by molar-refractivity contribution is 0.299. The second kappa shape index (κ2) is 6.19. The van der Waals surface area contributed by atoms with Crippen molar-refractivity contribution in [2.45, 2.75) is 13.5 Å². The minimum Gasteiger partial charge on any atom is -0.298 e. The summed E-state index contributed by atoms with van der Waals surface area (Å²) in [4.78, 5) is 2.37. The van der Waals surface area contributed by atoms with Crippen molar-refractivity contribution >= 4 is 49.0 Å². The summed E-state index contributed by atoms with van der Waals surface area (Å²) in [6, 6.07) is 6.47. The molecule has 0 radical (unpaired) electrons. The molecule has 0 amide bonds. The molecule has 0 fully saturated rings. The van der Waals surface area contributed by atoms with Gasteiger partial charge in [0.15, 0.2) is 0 Å². The van der Waals surface area contributed by atoms with Crippen molar-refractivity contribution in [3.63, 3.8) is 0 Å². The molecule has 0 saturated heterocycles. The van der Waals surface area contributed by atoms with E-state index in [1.807, 2.05) is 11.3 Å². The van der Waals surface area contributed by atoms with E-state index in [0.717, 1.165) is 24.1 Å². The van der Waals surface area contributed by atoms with Crippen LogP contribution in [-0.4, -0.2) is 23.9 Å². The molecule has 4 heteroatoms. The molecule has 0 bridgehead atoms. The van der Waals surface area contributed by atoms with Crippen molar-refractivity contribution in [2.75, 3.05) is 19.0 Å². The van der Waals surface area contributed by atoms with Crippen LogP contribution in [-0.2, 0) is 6.54 Å². The van der Waals surface area contributed by atoms with Gasteiger partial charge in [0.2, 0.25) is 0 Å². The van der Waals surface area contributed by atoms with Crippen molar-refractivity contribution in [3.05, 3.63) is 33.6 Å². The molecule has 0 saturated carbocycles. The van der Waals surface area contributed by atoms with E-state index in [1.165, 1.54) is 15.6 Å². The zero-order chi connectivity index (χ0) is 12.3. The van der Waals surface area contributed by atoms with Crippen LogP contribution in [0, 0.1) is 0 Å². The second-order valence-electron chi connectivity index (χ2n) is 3.96. The molecule has 1 aromatic heterocycles. The third kappa shape index (κ3) is 3.22. The van der Waals surface area contributed by atoms with Gasteiger partial charge in [-0.25, -0.2) is 0 Å². The Kier molecular flexibility index (Phi) is 4.86. The minimum atomic E-state index is 0.694. The lowest BCUT2D eigenvalue weighted by Crippen LogP contribution is -2.24. The van der Waals surface area contributed by atoms with E-state index in [9.17, 15) is 0 Å². The molecule has 1 heterocycles. The fraction of sp³-hybridized carbons (Fsp3) is 0.385. The standard InChI is InChI=1S/C13H15BrClNS/c1-2-16(6-5-15)8-10-9-17-13-4-3-11(14)7-12(10)13/h3-4,7,9H,2,5-6,8H2,1H3. The molecule has 92 valence electrons. The highest BCUT2D eigenvalue weighted by molar-refractivity contribution is 9.10. The van der Waals surface area contributed by atoms with Gasteiger partial charge in [-0.3, -0.25) is 4.90 Å². The average molecular weight is 333 g/mol. The quantitative estimate of drug-likeness (QED) is 0.716. The third-order valence-electron chi connectivity index (χ3n) is 2.86. The van der Waals surface area contributed by atoms with E-state index in [0.29, 0.717) is 5.88 Å². The molecule has 17 heavy (non-hydrogen) atoms. The zero-order valence-electron chi connectivity index (χ0n) is 9.75. The number of hydrogen-bond acceptors (Lipinski definition) is 2.